The summed E-state index contributed by atoms with van der Waals surface area (Å²) in [4.78, 5) is 19.4. The number of carbonyl (C=O) groups excluding carboxylic acids is 1. The summed E-state index contributed by atoms with van der Waals surface area (Å²) in [6, 6.07) is 1.97. The first kappa shape index (κ1) is 17.0. The van der Waals surface area contributed by atoms with Gasteiger partial charge in [-0.15, -0.1) is 11.3 Å². The fourth-order valence-electron chi connectivity index (χ4n) is 3.22. The Morgan fingerprint density at radius 2 is 2.33 bits per heavy atom. The number of nitrogen functional groups attached to an aromatic ring is 1. The summed E-state index contributed by atoms with van der Waals surface area (Å²) < 4.78 is 5.79. The molecule has 1 amide bonds. The van der Waals surface area contributed by atoms with Crippen LogP contribution in [0.5, 0.6) is 0 Å². The van der Waals surface area contributed by atoms with Crippen molar-refractivity contribution in [3.63, 3.8) is 0 Å². The standard InChI is InChI=1S/C17H24N4O2S/c1-10(2)23-9-11-4-3-7-21(8-11)12-5-6-20-17-13(12)14(18)15(24-17)16(19)22/h5-6,10-11H,3-4,7-9,18H2,1-2H3,(H2,19,22)/t11-/m0/s1. The Hall–Kier alpha value is -1.86. The first-order valence-electron chi connectivity index (χ1n) is 8.30. The number of nitrogens with two attached hydrogens (primary N) is 2. The van der Waals surface area contributed by atoms with Crippen LogP contribution in [-0.4, -0.2) is 36.7 Å². The van der Waals surface area contributed by atoms with Crippen LogP contribution < -0.4 is 16.4 Å². The number of primary amides is 1. The molecular formula is C17H24N4O2S. The molecule has 1 atom stereocenters. The van der Waals surface area contributed by atoms with Crippen molar-refractivity contribution >= 4 is 38.8 Å². The smallest absolute Gasteiger partial charge is 0.260 e. The molecule has 0 bridgehead atoms. The number of hydrogen-bond donors (Lipinski definition) is 2. The van der Waals surface area contributed by atoms with E-state index in [1.807, 2.05) is 6.07 Å². The van der Waals surface area contributed by atoms with Gasteiger partial charge in [-0.1, -0.05) is 0 Å². The largest absolute Gasteiger partial charge is 0.397 e. The zero-order valence-corrected chi connectivity index (χ0v) is 14.9. The molecule has 2 aromatic heterocycles. The van der Waals surface area contributed by atoms with Gasteiger partial charge in [0.05, 0.1) is 29.5 Å². The number of ether oxygens (including phenoxy) is 1. The number of piperidine rings is 1. The molecule has 3 heterocycles. The minimum atomic E-state index is -0.497. The summed E-state index contributed by atoms with van der Waals surface area (Å²) >= 11 is 1.26. The minimum Gasteiger partial charge on any atom is -0.397 e. The van der Waals surface area contributed by atoms with Crippen LogP contribution in [0.3, 0.4) is 0 Å². The molecule has 1 fully saturated rings. The van der Waals surface area contributed by atoms with Crippen LogP contribution >= 0.6 is 11.3 Å². The molecule has 0 saturated carbocycles. The average Bonchev–Trinajstić information content (AvgIpc) is 2.91. The van der Waals surface area contributed by atoms with Crippen LogP contribution in [0.15, 0.2) is 12.3 Å². The lowest BCUT2D eigenvalue weighted by atomic mass is 9.98. The highest BCUT2D eigenvalue weighted by atomic mass is 32.1. The molecule has 130 valence electrons. The Balaban J connectivity index is 1.90. The molecule has 0 radical (unpaired) electrons. The van der Waals surface area contributed by atoms with E-state index in [0.29, 0.717) is 16.5 Å². The molecule has 1 saturated heterocycles. The Morgan fingerprint density at radius 1 is 1.54 bits per heavy atom. The van der Waals surface area contributed by atoms with E-state index in [-0.39, 0.29) is 6.10 Å². The number of anilines is 2. The number of thiophene rings is 1. The number of nitrogens with zero attached hydrogens (tertiary/aromatic N) is 2. The van der Waals surface area contributed by atoms with Crippen LogP contribution in [0.4, 0.5) is 11.4 Å². The first-order valence-corrected chi connectivity index (χ1v) is 9.12. The number of aromatic nitrogens is 1. The van der Waals surface area contributed by atoms with Gasteiger partial charge < -0.3 is 21.1 Å². The first-order chi connectivity index (χ1) is 11.5. The third kappa shape index (κ3) is 3.32. The van der Waals surface area contributed by atoms with E-state index in [1.165, 1.54) is 17.8 Å². The fraction of sp³-hybridized carbons (Fsp3) is 0.529. The van der Waals surface area contributed by atoms with Gasteiger partial charge in [-0.2, -0.15) is 0 Å². The summed E-state index contributed by atoms with van der Waals surface area (Å²) in [6.45, 7) is 6.79. The van der Waals surface area contributed by atoms with Crippen LogP contribution in [-0.2, 0) is 4.74 Å². The van der Waals surface area contributed by atoms with Crippen LogP contribution in [0, 0.1) is 5.92 Å². The van der Waals surface area contributed by atoms with Gasteiger partial charge in [0.25, 0.3) is 5.91 Å². The number of carbonyl (C=O) groups is 1. The van der Waals surface area contributed by atoms with E-state index in [1.54, 1.807) is 6.20 Å². The molecule has 0 aromatic carbocycles. The van der Waals surface area contributed by atoms with E-state index >= 15 is 0 Å². The second-order valence-electron chi connectivity index (χ2n) is 6.56. The Morgan fingerprint density at radius 3 is 3.04 bits per heavy atom. The van der Waals surface area contributed by atoms with Gasteiger partial charge in [0.2, 0.25) is 0 Å². The zero-order valence-electron chi connectivity index (χ0n) is 14.1. The summed E-state index contributed by atoms with van der Waals surface area (Å²) in [7, 11) is 0. The molecule has 0 spiro atoms. The predicted octanol–water partition coefficient (Wildman–Crippen LogP) is 2.62. The van der Waals surface area contributed by atoms with Gasteiger partial charge in [-0.05, 0) is 38.7 Å². The highest BCUT2D eigenvalue weighted by Crippen LogP contribution is 2.39. The molecule has 7 heteroatoms. The molecule has 1 aliphatic heterocycles. The predicted molar refractivity (Wildman–Crippen MR) is 98.6 cm³/mol. The lowest BCUT2D eigenvalue weighted by Gasteiger charge is -2.35. The molecule has 1 aliphatic rings. The number of rotatable bonds is 5. The van der Waals surface area contributed by atoms with Crippen molar-refractivity contribution in [2.24, 2.45) is 11.7 Å². The van der Waals surface area contributed by atoms with Crippen molar-refractivity contribution in [2.75, 3.05) is 30.3 Å². The van der Waals surface area contributed by atoms with Crippen molar-refractivity contribution in [2.45, 2.75) is 32.8 Å². The summed E-state index contributed by atoms with van der Waals surface area (Å²) in [5, 5.41) is 0.849. The van der Waals surface area contributed by atoms with E-state index < -0.39 is 5.91 Å². The lowest BCUT2D eigenvalue weighted by molar-refractivity contribution is 0.0474. The number of pyridine rings is 1. The molecule has 0 aliphatic carbocycles. The Labute approximate surface area is 145 Å². The minimum absolute atomic E-state index is 0.249. The maximum absolute atomic E-state index is 11.6. The molecule has 0 unspecified atom stereocenters. The SMILES string of the molecule is CC(C)OC[C@H]1CCCN(c2ccnc3sc(C(N)=O)c(N)c23)C1. The molecular weight excluding hydrogens is 324 g/mol. The zero-order chi connectivity index (χ0) is 17.3. The molecule has 4 N–H and O–H groups in total. The van der Waals surface area contributed by atoms with E-state index in [0.717, 1.165) is 42.0 Å². The van der Waals surface area contributed by atoms with Crippen LogP contribution in [0.2, 0.25) is 0 Å². The number of hydrogen-bond acceptors (Lipinski definition) is 6. The third-order valence-corrected chi connectivity index (χ3v) is 5.48. The van der Waals surface area contributed by atoms with Gasteiger partial charge >= 0.3 is 0 Å². The van der Waals surface area contributed by atoms with Crippen LogP contribution in [0.25, 0.3) is 10.2 Å². The lowest BCUT2D eigenvalue weighted by Crippen LogP contribution is -2.37. The second-order valence-corrected chi connectivity index (χ2v) is 7.55. The summed E-state index contributed by atoms with van der Waals surface area (Å²) in [5.41, 5.74) is 13.1. The quantitative estimate of drug-likeness (QED) is 0.866. The highest BCUT2D eigenvalue weighted by molar-refractivity contribution is 7.21. The highest BCUT2D eigenvalue weighted by Gasteiger charge is 2.25. The number of fused-ring (bicyclic) bond motifs is 1. The van der Waals surface area contributed by atoms with Gasteiger partial charge in [-0.25, -0.2) is 4.98 Å². The van der Waals surface area contributed by atoms with E-state index in [2.05, 4.69) is 23.7 Å². The molecule has 24 heavy (non-hydrogen) atoms. The summed E-state index contributed by atoms with van der Waals surface area (Å²) in [6.07, 6.45) is 4.30. The molecule has 3 rings (SSSR count). The Kier molecular flexibility index (Phi) is 4.91. The maximum atomic E-state index is 11.6. The summed E-state index contributed by atoms with van der Waals surface area (Å²) in [5.74, 6) is 0.00291. The van der Waals surface area contributed by atoms with Crippen LogP contribution in [0.1, 0.15) is 36.4 Å². The van der Waals surface area contributed by atoms with Gasteiger partial charge in [0.1, 0.15) is 9.71 Å². The topological polar surface area (TPSA) is 94.5 Å². The van der Waals surface area contributed by atoms with Gasteiger partial charge in [-0.3, -0.25) is 4.79 Å². The van der Waals surface area contributed by atoms with Gasteiger partial charge in [0, 0.05) is 19.3 Å². The third-order valence-electron chi connectivity index (χ3n) is 4.36. The van der Waals surface area contributed by atoms with Crippen molar-refractivity contribution in [1.82, 2.24) is 4.98 Å². The average molecular weight is 348 g/mol. The maximum Gasteiger partial charge on any atom is 0.260 e. The number of amides is 1. The second kappa shape index (κ2) is 6.94. The van der Waals surface area contributed by atoms with Crippen molar-refractivity contribution in [1.29, 1.82) is 0 Å². The van der Waals surface area contributed by atoms with E-state index in [4.69, 9.17) is 16.2 Å². The monoisotopic (exact) mass is 348 g/mol. The fourth-order valence-corrected chi connectivity index (χ4v) is 4.16. The molecule has 2 aromatic rings. The van der Waals surface area contributed by atoms with Gasteiger partial charge in [0.15, 0.2) is 0 Å². The van der Waals surface area contributed by atoms with Crippen molar-refractivity contribution in [3.05, 3.63) is 17.1 Å². The van der Waals surface area contributed by atoms with Crippen molar-refractivity contribution in [3.8, 4) is 0 Å². The van der Waals surface area contributed by atoms with Crippen molar-refractivity contribution < 1.29 is 9.53 Å². The van der Waals surface area contributed by atoms with E-state index in [9.17, 15) is 4.79 Å². The molecule has 6 nitrogen and oxygen atoms in total. The Bertz CT molecular complexity index is 744. The normalized spacial score (nSPS) is 18.5.